The molecule has 1 aliphatic rings. The third kappa shape index (κ3) is 4.68. The van der Waals surface area contributed by atoms with Crippen molar-refractivity contribution >= 4 is 21.6 Å². The van der Waals surface area contributed by atoms with Gasteiger partial charge in [-0.1, -0.05) is 36.4 Å². The van der Waals surface area contributed by atoms with Crippen LogP contribution >= 0.6 is 0 Å². The second kappa shape index (κ2) is 7.97. The molecule has 1 saturated heterocycles. The van der Waals surface area contributed by atoms with Crippen LogP contribution in [0.15, 0.2) is 54.6 Å². The van der Waals surface area contributed by atoms with Crippen LogP contribution in [0.4, 0.5) is 10.1 Å². The van der Waals surface area contributed by atoms with Gasteiger partial charge < -0.3 is 5.32 Å². The summed E-state index contributed by atoms with van der Waals surface area (Å²) in [5.74, 6) is -1.24. The Labute approximate surface area is 152 Å². The highest BCUT2D eigenvalue weighted by Gasteiger charge is 2.32. The maximum Gasteiger partial charge on any atom is 0.228 e. The first-order chi connectivity index (χ1) is 12.4. The Hall–Kier alpha value is -2.25. The number of nitrogens with one attached hydrogen (secondary N) is 1. The van der Waals surface area contributed by atoms with Crippen molar-refractivity contribution in [3.05, 3.63) is 66.0 Å². The van der Waals surface area contributed by atoms with Gasteiger partial charge in [0.25, 0.3) is 0 Å². The van der Waals surface area contributed by atoms with Gasteiger partial charge in [0, 0.05) is 18.8 Å². The van der Waals surface area contributed by atoms with E-state index in [2.05, 4.69) is 5.32 Å². The molecule has 0 bridgehead atoms. The van der Waals surface area contributed by atoms with Gasteiger partial charge in [0.05, 0.1) is 11.7 Å². The molecule has 3 rings (SSSR count). The van der Waals surface area contributed by atoms with Crippen LogP contribution in [0.25, 0.3) is 0 Å². The van der Waals surface area contributed by atoms with Gasteiger partial charge in [-0.2, -0.15) is 0 Å². The molecule has 5 nitrogen and oxygen atoms in total. The average Bonchev–Trinajstić information content (AvgIpc) is 2.62. The van der Waals surface area contributed by atoms with Crippen LogP contribution in [0.5, 0.6) is 0 Å². The standard InChI is InChI=1S/C19H21FN2O3S/c20-17-9-4-10-18(12-17)21-19(23)16-8-5-11-22(13-16)26(24,25)14-15-6-2-1-3-7-15/h1-4,6-7,9-10,12,16H,5,8,11,13-14H2,(H,21,23)/t16-/m1/s1. The lowest BCUT2D eigenvalue weighted by atomic mass is 9.99. The zero-order valence-corrected chi connectivity index (χ0v) is 15.1. The Morgan fingerprint density at radius 3 is 2.65 bits per heavy atom. The normalized spacial score (nSPS) is 18.4. The van der Waals surface area contributed by atoms with Crippen molar-refractivity contribution in [1.29, 1.82) is 0 Å². The Bertz CT molecular complexity index is 871. The van der Waals surface area contributed by atoms with E-state index in [-0.39, 0.29) is 18.2 Å². The molecule has 0 unspecified atom stereocenters. The van der Waals surface area contributed by atoms with Crippen LogP contribution < -0.4 is 5.32 Å². The fraction of sp³-hybridized carbons (Fsp3) is 0.316. The number of benzene rings is 2. The van der Waals surface area contributed by atoms with Crippen LogP contribution in [-0.2, 0) is 20.6 Å². The van der Waals surface area contributed by atoms with Gasteiger partial charge in [-0.15, -0.1) is 0 Å². The van der Waals surface area contributed by atoms with Crippen molar-refractivity contribution in [3.8, 4) is 0 Å². The average molecular weight is 376 g/mol. The lowest BCUT2D eigenvalue weighted by molar-refractivity contribution is -0.120. The van der Waals surface area contributed by atoms with E-state index in [9.17, 15) is 17.6 Å². The number of hydrogen-bond donors (Lipinski definition) is 1. The molecular weight excluding hydrogens is 355 g/mol. The highest BCUT2D eigenvalue weighted by molar-refractivity contribution is 7.88. The number of piperidine rings is 1. The molecule has 1 fully saturated rings. The van der Waals surface area contributed by atoms with E-state index in [1.807, 2.05) is 6.07 Å². The van der Waals surface area contributed by atoms with Gasteiger partial charge in [0.1, 0.15) is 5.82 Å². The number of nitrogens with zero attached hydrogens (tertiary/aromatic N) is 1. The second-order valence-corrected chi connectivity index (χ2v) is 8.41. The zero-order chi connectivity index (χ0) is 18.6. The third-order valence-corrected chi connectivity index (χ3v) is 6.25. The Balaban J connectivity index is 1.65. The van der Waals surface area contributed by atoms with Crippen molar-refractivity contribution in [2.45, 2.75) is 18.6 Å². The molecule has 1 atom stereocenters. The third-order valence-electron chi connectivity index (χ3n) is 4.43. The minimum Gasteiger partial charge on any atom is -0.326 e. The number of carbonyl (C=O) groups excluding carboxylic acids is 1. The van der Waals surface area contributed by atoms with E-state index >= 15 is 0 Å². The van der Waals surface area contributed by atoms with Gasteiger partial charge in [0.2, 0.25) is 15.9 Å². The molecule has 2 aromatic rings. The first kappa shape index (κ1) is 18.5. The van der Waals surface area contributed by atoms with Crippen LogP contribution in [0.1, 0.15) is 18.4 Å². The van der Waals surface area contributed by atoms with E-state index < -0.39 is 21.8 Å². The summed E-state index contributed by atoms with van der Waals surface area (Å²) in [6.45, 7) is 0.565. The van der Waals surface area contributed by atoms with Gasteiger partial charge in [0.15, 0.2) is 0 Å². The molecule has 1 amide bonds. The number of sulfonamides is 1. The predicted molar refractivity (Wildman–Crippen MR) is 98.4 cm³/mol. The van der Waals surface area contributed by atoms with Crippen molar-refractivity contribution in [1.82, 2.24) is 4.31 Å². The molecule has 26 heavy (non-hydrogen) atoms. The Kier molecular flexibility index (Phi) is 5.68. The van der Waals surface area contributed by atoms with Crippen LogP contribution in [0.3, 0.4) is 0 Å². The van der Waals surface area contributed by atoms with E-state index in [0.717, 1.165) is 5.56 Å². The number of carbonyl (C=O) groups is 1. The summed E-state index contributed by atoms with van der Waals surface area (Å²) in [7, 11) is -3.49. The molecule has 0 aromatic heterocycles. The SMILES string of the molecule is O=C(Nc1cccc(F)c1)[C@@H]1CCCN(S(=O)(=O)Cc2ccccc2)C1. The summed E-state index contributed by atoms with van der Waals surface area (Å²) in [5.41, 5.74) is 1.10. The largest absolute Gasteiger partial charge is 0.326 e. The molecule has 1 heterocycles. The van der Waals surface area contributed by atoms with E-state index in [1.54, 1.807) is 30.3 Å². The summed E-state index contributed by atoms with van der Waals surface area (Å²) in [5, 5.41) is 2.67. The molecule has 1 aliphatic heterocycles. The smallest absolute Gasteiger partial charge is 0.228 e. The highest BCUT2D eigenvalue weighted by atomic mass is 32.2. The summed E-state index contributed by atoms with van der Waals surface area (Å²) in [6.07, 6.45) is 1.23. The van der Waals surface area contributed by atoms with E-state index in [1.165, 1.54) is 22.5 Å². The first-order valence-electron chi connectivity index (χ1n) is 8.52. The van der Waals surface area contributed by atoms with Crippen molar-refractivity contribution in [2.24, 2.45) is 5.92 Å². The number of rotatable bonds is 5. The highest BCUT2D eigenvalue weighted by Crippen LogP contribution is 2.23. The topological polar surface area (TPSA) is 66.5 Å². The first-order valence-corrected chi connectivity index (χ1v) is 10.1. The van der Waals surface area contributed by atoms with Crippen LogP contribution in [-0.4, -0.2) is 31.7 Å². The number of halogens is 1. The summed E-state index contributed by atoms with van der Waals surface area (Å²) in [6, 6.07) is 14.6. The summed E-state index contributed by atoms with van der Waals surface area (Å²) >= 11 is 0. The summed E-state index contributed by atoms with van der Waals surface area (Å²) in [4.78, 5) is 12.5. The van der Waals surface area contributed by atoms with Crippen LogP contribution in [0, 0.1) is 11.7 Å². The number of amides is 1. The minimum absolute atomic E-state index is 0.0773. The summed E-state index contributed by atoms with van der Waals surface area (Å²) < 4.78 is 40.0. The lowest BCUT2D eigenvalue weighted by Crippen LogP contribution is -2.44. The molecule has 0 aliphatic carbocycles. The molecular formula is C19H21FN2O3S. The van der Waals surface area contributed by atoms with Gasteiger partial charge >= 0.3 is 0 Å². The van der Waals surface area contributed by atoms with Crippen LogP contribution in [0.2, 0.25) is 0 Å². The van der Waals surface area contributed by atoms with Crippen molar-refractivity contribution in [2.75, 3.05) is 18.4 Å². The van der Waals surface area contributed by atoms with Gasteiger partial charge in [-0.3, -0.25) is 4.79 Å². The second-order valence-electron chi connectivity index (χ2n) is 6.44. The zero-order valence-electron chi connectivity index (χ0n) is 14.3. The Morgan fingerprint density at radius 2 is 1.92 bits per heavy atom. The van der Waals surface area contributed by atoms with Crippen molar-refractivity contribution < 1.29 is 17.6 Å². The van der Waals surface area contributed by atoms with Crippen molar-refractivity contribution in [3.63, 3.8) is 0 Å². The molecule has 138 valence electrons. The molecule has 0 saturated carbocycles. The molecule has 1 N–H and O–H groups in total. The fourth-order valence-electron chi connectivity index (χ4n) is 3.10. The minimum atomic E-state index is -3.49. The van der Waals surface area contributed by atoms with Gasteiger partial charge in [-0.25, -0.2) is 17.1 Å². The maximum atomic E-state index is 13.2. The van der Waals surface area contributed by atoms with Gasteiger partial charge in [-0.05, 0) is 36.6 Å². The molecule has 0 spiro atoms. The number of anilines is 1. The molecule has 7 heteroatoms. The van der Waals surface area contributed by atoms with E-state index in [4.69, 9.17) is 0 Å². The Morgan fingerprint density at radius 1 is 1.15 bits per heavy atom. The van der Waals surface area contributed by atoms with E-state index in [0.29, 0.717) is 25.1 Å². The lowest BCUT2D eigenvalue weighted by Gasteiger charge is -2.31. The number of hydrogen-bond acceptors (Lipinski definition) is 3. The predicted octanol–water partition coefficient (Wildman–Crippen LogP) is 3.01. The maximum absolute atomic E-state index is 13.2. The monoisotopic (exact) mass is 376 g/mol. The fourth-order valence-corrected chi connectivity index (χ4v) is 4.71. The quantitative estimate of drug-likeness (QED) is 0.872. The molecule has 0 radical (unpaired) electrons. The molecule has 2 aromatic carbocycles.